The van der Waals surface area contributed by atoms with Crippen LogP contribution in [0.5, 0.6) is 0 Å². The summed E-state index contributed by atoms with van der Waals surface area (Å²) in [5, 5.41) is 3.21. The second kappa shape index (κ2) is 9.31. The molecule has 0 saturated heterocycles. The van der Waals surface area contributed by atoms with Gasteiger partial charge < -0.3 is 5.32 Å². The number of aryl methyl sites for hydroxylation is 2. The molecular formula is C17H22N4O. The lowest BCUT2D eigenvalue weighted by molar-refractivity contribution is -0.109. The summed E-state index contributed by atoms with van der Waals surface area (Å²) in [6.07, 6.45) is 4.57. The molecule has 5 nitrogen and oxygen atoms in total. The minimum atomic E-state index is 0.403. The lowest BCUT2D eigenvalue weighted by Crippen LogP contribution is -2.18. The van der Waals surface area contributed by atoms with Gasteiger partial charge in [0, 0.05) is 24.0 Å². The van der Waals surface area contributed by atoms with E-state index in [-0.39, 0.29) is 0 Å². The number of anilines is 1. The van der Waals surface area contributed by atoms with Gasteiger partial charge in [-0.3, -0.25) is 15.2 Å². The Labute approximate surface area is 131 Å². The largest absolute Gasteiger partial charge is 0.388 e. The van der Waals surface area contributed by atoms with Crippen molar-refractivity contribution in [3.63, 3.8) is 0 Å². The molecule has 1 heterocycles. The predicted octanol–water partition coefficient (Wildman–Crippen LogP) is 2.52. The fraction of sp³-hybridized carbons (Fsp3) is 0.176. The summed E-state index contributed by atoms with van der Waals surface area (Å²) in [7, 11) is 1.94. The van der Waals surface area contributed by atoms with Crippen LogP contribution in [-0.2, 0) is 4.79 Å². The molecule has 0 unspecified atom stereocenters. The number of benzene rings is 1. The third kappa shape index (κ3) is 5.38. The number of carbonyl (C=O) groups excluding carboxylic acids is 1. The van der Waals surface area contributed by atoms with Crippen molar-refractivity contribution in [1.29, 1.82) is 0 Å². The summed E-state index contributed by atoms with van der Waals surface area (Å²) in [6, 6.07) is 12.3. The molecule has 0 fully saturated rings. The van der Waals surface area contributed by atoms with E-state index in [2.05, 4.69) is 53.4 Å². The van der Waals surface area contributed by atoms with Gasteiger partial charge in [-0.2, -0.15) is 0 Å². The number of hydrogen-bond donors (Lipinski definition) is 3. The summed E-state index contributed by atoms with van der Waals surface area (Å²) in [5.41, 5.74) is 7.38. The molecule has 0 spiro atoms. The quantitative estimate of drug-likeness (QED) is 0.351. The topological polar surface area (TPSA) is 80.0 Å². The molecule has 5 heteroatoms. The highest BCUT2D eigenvalue weighted by Gasteiger charge is 2.00. The molecule has 0 radical (unpaired) electrons. The van der Waals surface area contributed by atoms with E-state index in [4.69, 9.17) is 4.79 Å². The smallest absolute Gasteiger partial charge is 0.221 e. The van der Waals surface area contributed by atoms with E-state index in [9.17, 15) is 0 Å². The Kier molecular flexibility index (Phi) is 7.36. The second-order valence-electron chi connectivity index (χ2n) is 4.61. The van der Waals surface area contributed by atoms with Crippen molar-refractivity contribution in [2.24, 2.45) is 5.84 Å². The summed E-state index contributed by atoms with van der Waals surface area (Å²) >= 11 is 0. The predicted molar refractivity (Wildman–Crippen MR) is 92.0 cm³/mol. The van der Waals surface area contributed by atoms with Crippen LogP contribution in [0.25, 0.3) is 12.2 Å². The number of nitrogens with one attached hydrogen (secondary N) is 2. The van der Waals surface area contributed by atoms with Crippen LogP contribution in [0.3, 0.4) is 0 Å². The highest BCUT2D eigenvalue weighted by Crippen LogP contribution is 2.21. The molecule has 0 aliphatic carbocycles. The van der Waals surface area contributed by atoms with Gasteiger partial charge in [0.05, 0.1) is 5.69 Å². The van der Waals surface area contributed by atoms with Gasteiger partial charge in [-0.25, -0.2) is 5.84 Å². The van der Waals surface area contributed by atoms with Crippen LogP contribution in [0.4, 0.5) is 5.69 Å². The fourth-order valence-electron chi connectivity index (χ4n) is 1.95. The van der Waals surface area contributed by atoms with Crippen LogP contribution in [-0.4, -0.2) is 18.4 Å². The van der Waals surface area contributed by atoms with E-state index in [1.807, 2.05) is 32.2 Å². The van der Waals surface area contributed by atoms with E-state index < -0.39 is 0 Å². The minimum Gasteiger partial charge on any atom is -0.388 e. The van der Waals surface area contributed by atoms with Crippen LogP contribution in [0.2, 0.25) is 0 Å². The van der Waals surface area contributed by atoms with E-state index in [1.165, 1.54) is 11.1 Å². The Morgan fingerprint density at radius 2 is 1.77 bits per heavy atom. The number of nitrogens with zero attached hydrogens (tertiary/aromatic N) is 1. The van der Waals surface area contributed by atoms with Crippen molar-refractivity contribution in [1.82, 2.24) is 10.4 Å². The number of hydrazine groups is 1. The first-order valence-corrected chi connectivity index (χ1v) is 6.91. The number of pyridine rings is 1. The number of hydrogen-bond acceptors (Lipinski definition) is 4. The maximum atomic E-state index is 8.94. The van der Waals surface area contributed by atoms with Crippen molar-refractivity contribution < 1.29 is 4.79 Å². The third-order valence-electron chi connectivity index (χ3n) is 2.99. The fourth-order valence-corrected chi connectivity index (χ4v) is 1.95. The molecule has 0 atom stereocenters. The summed E-state index contributed by atoms with van der Waals surface area (Å²) < 4.78 is 0. The molecule has 0 aliphatic rings. The molecule has 116 valence electrons. The SMILES string of the molecule is CNc1cccc(C)c1/C=C/c1cccc(C)n1.NNC=O. The Morgan fingerprint density at radius 1 is 1.09 bits per heavy atom. The Bertz CT molecular complexity index is 638. The van der Waals surface area contributed by atoms with Crippen molar-refractivity contribution in [2.45, 2.75) is 13.8 Å². The summed E-state index contributed by atoms with van der Waals surface area (Å²) in [6.45, 7) is 4.12. The molecule has 1 aromatic carbocycles. The van der Waals surface area contributed by atoms with Crippen molar-refractivity contribution in [3.8, 4) is 0 Å². The number of rotatable bonds is 4. The van der Waals surface area contributed by atoms with E-state index in [0.717, 1.165) is 17.1 Å². The van der Waals surface area contributed by atoms with Crippen molar-refractivity contribution >= 4 is 24.2 Å². The van der Waals surface area contributed by atoms with Gasteiger partial charge in [0.2, 0.25) is 6.41 Å². The van der Waals surface area contributed by atoms with Gasteiger partial charge in [-0.15, -0.1) is 0 Å². The molecule has 4 N–H and O–H groups in total. The van der Waals surface area contributed by atoms with Gasteiger partial charge in [-0.1, -0.05) is 24.3 Å². The Morgan fingerprint density at radius 3 is 2.36 bits per heavy atom. The lowest BCUT2D eigenvalue weighted by Gasteiger charge is -2.08. The van der Waals surface area contributed by atoms with Crippen LogP contribution < -0.4 is 16.6 Å². The van der Waals surface area contributed by atoms with Gasteiger partial charge in [0.15, 0.2) is 0 Å². The third-order valence-corrected chi connectivity index (χ3v) is 2.99. The highest BCUT2D eigenvalue weighted by atomic mass is 16.1. The van der Waals surface area contributed by atoms with E-state index >= 15 is 0 Å². The van der Waals surface area contributed by atoms with Gasteiger partial charge in [-0.05, 0) is 43.7 Å². The van der Waals surface area contributed by atoms with Crippen LogP contribution in [0.15, 0.2) is 36.4 Å². The maximum Gasteiger partial charge on any atom is 0.221 e. The monoisotopic (exact) mass is 298 g/mol. The lowest BCUT2D eigenvalue weighted by atomic mass is 10.1. The number of aromatic nitrogens is 1. The zero-order chi connectivity index (χ0) is 16.4. The molecule has 1 aromatic heterocycles. The van der Waals surface area contributed by atoms with Gasteiger partial charge >= 0.3 is 0 Å². The summed E-state index contributed by atoms with van der Waals surface area (Å²) in [5.74, 6) is 4.41. The number of carbonyl (C=O) groups is 1. The zero-order valence-electron chi connectivity index (χ0n) is 13.1. The highest BCUT2D eigenvalue weighted by molar-refractivity contribution is 5.77. The molecule has 0 saturated carbocycles. The minimum absolute atomic E-state index is 0.403. The molecule has 2 rings (SSSR count). The molecular weight excluding hydrogens is 276 g/mol. The molecule has 1 amide bonds. The summed E-state index contributed by atoms with van der Waals surface area (Å²) in [4.78, 5) is 13.4. The molecule has 2 aromatic rings. The Hall–Kier alpha value is -2.66. The molecule has 22 heavy (non-hydrogen) atoms. The first-order valence-electron chi connectivity index (χ1n) is 6.91. The van der Waals surface area contributed by atoms with Gasteiger partial charge in [0.25, 0.3) is 0 Å². The number of nitrogens with two attached hydrogens (primary N) is 1. The maximum absolute atomic E-state index is 8.94. The van der Waals surface area contributed by atoms with Crippen LogP contribution in [0, 0.1) is 13.8 Å². The average molecular weight is 298 g/mol. The molecule has 0 bridgehead atoms. The van der Waals surface area contributed by atoms with Gasteiger partial charge in [0.1, 0.15) is 0 Å². The number of amides is 1. The van der Waals surface area contributed by atoms with Crippen molar-refractivity contribution in [2.75, 3.05) is 12.4 Å². The van der Waals surface area contributed by atoms with E-state index in [1.54, 1.807) is 5.43 Å². The average Bonchev–Trinajstić information content (AvgIpc) is 2.53. The van der Waals surface area contributed by atoms with E-state index in [0.29, 0.717) is 6.41 Å². The standard InChI is InChI=1S/C16H18N2.CH4N2O/c1-12-6-4-9-16(17-3)15(12)11-10-14-8-5-7-13(2)18-14;2-3-1-4/h4-11,17H,1-3H3;1H,2H2,(H,3,4)/b11-10+;. The van der Waals surface area contributed by atoms with Crippen molar-refractivity contribution in [3.05, 3.63) is 58.9 Å². The first-order chi connectivity index (χ1) is 10.6. The van der Waals surface area contributed by atoms with Crippen LogP contribution >= 0.6 is 0 Å². The first kappa shape index (κ1) is 17.4. The normalized spacial score (nSPS) is 9.82. The van der Waals surface area contributed by atoms with Crippen LogP contribution in [0.1, 0.15) is 22.5 Å². The zero-order valence-corrected chi connectivity index (χ0v) is 13.1. The molecule has 0 aliphatic heterocycles. The second-order valence-corrected chi connectivity index (χ2v) is 4.61. The Balaban J connectivity index is 0.000000541.